The van der Waals surface area contributed by atoms with E-state index < -0.39 is 11.8 Å². The van der Waals surface area contributed by atoms with Crippen molar-refractivity contribution in [1.82, 2.24) is 0 Å². The van der Waals surface area contributed by atoms with Crippen LogP contribution in [-0.4, -0.2) is 5.97 Å². The van der Waals surface area contributed by atoms with Crippen molar-refractivity contribution in [3.8, 4) is 6.07 Å². The van der Waals surface area contributed by atoms with Gasteiger partial charge in [-0.15, -0.1) is 0 Å². The van der Waals surface area contributed by atoms with E-state index in [1.165, 1.54) is 12.1 Å². The SMILES string of the molecule is N#Cc1ccc(F)c(COC(=O)Cc2c(Cl)cccc2Cl)c1. The number of carbonyl (C=O) groups is 1. The van der Waals surface area contributed by atoms with Gasteiger partial charge in [-0.05, 0) is 30.3 Å². The van der Waals surface area contributed by atoms with Crippen LogP contribution in [0.2, 0.25) is 10.0 Å². The average Bonchev–Trinajstić information content (AvgIpc) is 2.50. The van der Waals surface area contributed by atoms with Crippen LogP contribution in [-0.2, 0) is 22.6 Å². The normalized spacial score (nSPS) is 10.1. The van der Waals surface area contributed by atoms with Crippen LogP contribution in [0.5, 0.6) is 0 Å². The molecule has 2 aromatic carbocycles. The van der Waals surface area contributed by atoms with E-state index in [1.54, 1.807) is 18.2 Å². The Hall–Kier alpha value is -2.09. The Morgan fingerprint density at radius 2 is 1.91 bits per heavy atom. The molecule has 2 aromatic rings. The molecule has 0 amide bonds. The van der Waals surface area contributed by atoms with E-state index in [0.29, 0.717) is 21.2 Å². The van der Waals surface area contributed by atoms with Gasteiger partial charge in [0.2, 0.25) is 0 Å². The third-order valence-corrected chi connectivity index (χ3v) is 3.65. The molecule has 112 valence electrons. The number of nitrogens with zero attached hydrogens (tertiary/aromatic N) is 1. The molecule has 0 atom stereocenters. The van der Waals surface area contributed by atoms with Crippen molar-refractivity contribution < 1.29 is 13.9 Å². The number of hydrogen-bond acceptors (Lipinski definition) is 3. The third kappa shape index (κ3) is 3.97. The van der Waals surface area contributed by atoms with Crippen LogP contribution in [0.4, 0.5) is 4.39 Å². The summed E-state index contributed by atoms with van der Waals surface area (Å²) in [5.41, 5.74) is 0.890. The summed E-state index contributed by atoms with van der Waals surface area (Å²) in [6, 6.07) is 10.6. The maximum Gasteiger partial charge on any atom is 0.310 e. The van der Waals surface area contributed by atoms with E-state index >= 15 is 0 Å². The van der Waals surface area contributed by atoms with Crippen molar-refractivity contribution in [1.29, 1.82) is 5.26 Å². The Morgan fingerprint density at radius 3 is 2.55 bits per heavy atom. The highest BCUT2D eigenvalue weighted by Crippen LogP contribution is 2.25. The Labute approximate surface area is 136 Å². The number of benzene rings is 2. The lowest BCUT2D eigenvalue weighted by Gasteiger charge is -2.08. The van der Waals surface area contributed by atoms with Crippen LogP contribution in [0.25, 0.3) is 0 Å². The first-order chi connectivity index (χ1) is 10.5. The molecular weight excluding hydrogens is 328 g/mol. The van der Waals surface area contributed by atoms with Gasteiger partial charge >= 0.3 is 5.97 Å². The summed E-state index contributed by atoms with van der Waals surface area (Å²) in [7, 11) is 0. The van der Waals surface area contributed by atoms with Gasteiger partial charge < -0.3 is 4.74 Å². The molecule has 0 fully saturated rings. The number of nitriles is 1. The molecule has 0 unspecified atom stereocenters. The smallest absolute Gasteiger partial charge is 0.310 e. The number of ether oxygens (including phenoxy) is 1. The molecule has 3 nitrogen and oxygen atoms in total. The highest BCUT2D eigenvalue weighted by molar-refractivity contribution is 6.36. The fraction of sp³-hybridized carbons (Fsp3) is 0.125. The number of hydrogen-bond donors (Lipinski definition) is 0. The molecule has 0 saturated carbocycles. The fourth-order valence-electron chi connectivity index (χ4n) is 1.81. The second-order valence-corrected chi connectivity index (χ2v) is 5.27. The third-order valence-electron chi connectivity index (χ3n) is 2.95. The molecule has 0 aliphatic carbocycles. The summed E-state index contributed by atoms with van der Waals surface area (Å²) in [5, 5.41) is 9.50. The zero-order valence-corrected chi connectivity index (χ0v) is 12.8. The molecule has 0 aliphatic heterocycles. The van der Waals surface area contributed by atoms with Gasteiger partial charge in [0.15, 0.2) is 0 Å². The molecule has 0 saturated heterocycles. The number of rotatable bonds is 4. The molecule has 0 bridgehead atoms. The maximum atomic E-state index is 13.6. The van der Waals surface area contributed by atoms with Gasteiger partial charge in [0.1, 0.15) is 12.4 Å². The Balaban J connectivity index is 2.03. The molecule has 6 heteroatoms. The molecule has 0 N–H and O–H groups in total. The Kier molecular flexibility index (Phi) is 5.37. The minimum Gasteiger partial charge on any atom is -0.460 e. The van der Waals surface area contributed by atoms with Gasteiger partial charge in [-0.25, -0.2) is 4.39 Å². The monoisotopic (exact) mass is 337 g/mol. The van der Waals surface area contributed by atoms with Crippen LogP contribution in [0.1, 0.15) is 16.7 Å². The van der Waals surface area contributed by atoms with E-state index in [9.17, 15) is 9.18 Å². The van der Waals surface area contributed by atoms with Crippen LogP contribution in [0.3, 0.4) is 0 Å². The van der Waals surface area contributed by atoms with Crippen LogP contribution in [0, 0.1) is 17.1 Å². The molecule has 2 rings (SSSR count). The minimum absolute atomic E-state index is 0.113. The van der Waals surface area contributed by atoms with Gasteiger partial charge in [0.25, 0.3) is 0 Å². The minimum atomic E-state index is -0.586. The van der Waals surface area contributed by atoms with Gasteiger partial charge in [-0.3, -0.25) is 4.79 Å². The molecule has 0 aliphatic rings. The lowest BCUT2D eigenvalue weighted by Crippen LogP contribution is -2.09. The molecule has 22 heavy (non-hydrogen) atoms. The van der Waals surface area contributed by atoms with Crippen LogP contribution >= 0.6 is 23.2 Å². The molecule has 0 spiro atoms. The first-order valence-electron chi connectivity index (χ1n) is 6.28. The summed E-state index contributed by atoms with van der Waals surface area (Å²) in [5.74, 6) is -1.13. The molecule has 0 heterocycles. The molecular formula is C16H10Cl2FNO2. The maximum absolute atomic E-state index is 13.6. The van der Waals surface area contributed by atoms with E-state index in [1.807, 2.05) is 6.07 Å². The zero-order chi connectivity index (χ0) is 16.1. The number of halogens is 3. The van der Waals surface area contributed by atoms with Crippen molar-refractivity contribution in [2.24, 2.45) is 0 Å². The van der Waals surface area contributed by atoms with Gasteiger partial charge in [0.05, 0.1) is 18.1 Å². The van der Waals surface area contributed by atoms with Crippen molar-refractivity contribution in [2.75, 3.05) is 0 Å². The highest BCUT2D eigenvalue weighted by Gasteiger charge is 2.13. The standard InChI is InChI=1S/C16H10Cl2FNO2/c17-13-2-1-3-14(18)12(13)7-16(21)22-9-11-6-10(8-20)4-5-15(11)19/h1-6H,7,9H2. The number of carbonyl (C=O) groups excluding carboxylic acids is 1. The van der Waals surface area contributed by atoms with Crippen molar-refractivity contribution in [2.45, 2.75) is 13.0 Å². The lowest BCUT2D eigenvalue weighted by atomic mass is 10.1. The van der Waals surface area contributed by atoms with Crippen LogP contribution in [0.15, 0.2) is 36.4 Å². The first kappa shape index (κ1) is 16.3. The second kappa shape index (κ2) is 7.26. The zero-order valence-electron chi connectivity index (χ0n) is 11.3. The highest BCUT2D eigenvalue weighted by atomic mass is 35.5. The van der Waals surface area contributed by atoms with Crippen molar-refractivity contribution in [3.63, 3.8) is 0 Å². The van der Waals surface area contributed by atoms with Gasteiger partial charge in [0, 0.05) is 21.2 Å². The quantitative estimate of drug-likeness (QED) is 0.782. The molecule has 0 aromatic heterocycles. The van der Waals surface area contributed by atoms with E-state index in [2.05, 4.69) is 0 Å². The number of esters is 1. The Bertz CT molecular complexity index is 736. The second-order valence-electron chi connectivity index (χ2n) is 4.46. The summed E-state index contributed by atoms with van der Waals surface area (Å²) < 4.78 is 18.6. The summed E-state index contributed by atoms with van der Waals surface area (Å²) in [4.78, 5) is 11.8. The summed E-state index contributed by atoms with van der Waals surface area (Å²) in [6.45, 7) is -0.262. The first-order valence-corrected chi connectivity index (χ1v) is 7.04. The summed E-state index contributed by atoms with van der Waals surface area (Å²) in [6.07, 6.45) is -0.113. The molecule has 0 radical (unpaired) electrons. The van der Waals surface area contributed by atoms with Crippen molar-refractivity contribution in [3.05, 3.63) is 69.0 Å². The summed E-state index contributed by atoms with van der Waals surface area (Å²) >= 11 is 11.9. The van der Waals surface area contributed by atoms with Crippen LogP contribution < -0.4 is 0 Å². The van der Waals surface area contributed by atoms with Crippen molar-refractivity contribution >= 4 is 29.2 Å². The predicted octanol–water partition coefficient (Wildman–Crippen LogP) is 4.29. The Morgan fingerprint density at radius 1 is 1.23 bits per heavy atom. The largest absolute Gasteiger partial charge is 0.460 e. The van der Waals surface area contributed by atoms with Gasteiger partial charge in [-0.2, -0.15) is 5.26 Å². The average molecular weight is 338 g/mol. The van der Waals surface area contributed by atoms with E-state index in [0.717, 1.165) is 6.07 Å². The van der Waals surface area contributed by atoms with E-state index in [4.69, 9.17) is 33.2 Å². The fourth-order valence-corrected chi connectivity index (χ4v) is 2.34. The topological polar surface area (TPSA) is 50.1 Å². The lowest BCUT2D eigenvalue weighted by molar-refractivity contribution is -0.144. The van der Waals surface area contributed by atoms with Gasteiger partial charge in [-0.1, -0.05) is 29.3 Å². The predicted molar refractivity (Wildman–Crippen MR) is 81.1 cm³/mol. The van der Waals surface area contributed by atoms with E-state index in [-0.39, 0.29) is 18.6 Å².